The van der Waals surface area contributed by atoms with Crippen LogP contribution in [0, 0.1) is 0 Å². The molecule has 0 saturated heterocycles. The first-order valence-corrected chi connectivity index (χ1v) is 10.7. The molecule has 136 valence electrons. The molecule has 0 saturated carbocycles. The predicted molar refractivity (Wildman–Crippen MR) is 103 cm³/mol. The van der Waals surface area contributed by atoms with Crippen molar-refractivity contribution in [3.63, 3.8) is 0 Å². The van der Waals surface area contributed by atoms with E-state index in [1.54, 1.807) is 24.4 Å². The van der Waals surface area contributed by atoms with E-state index in [1.807, 2.05) is 31.2 Å². The summed E-state index contributed by atoms with van der Waals surface area (Å²) < 4.78 is 26.4. The van der Waals surface area contributed by atoms with Crippen LogP contribution in [-0.2, 0) is 9.84 Å². The van der Waals surface area contributed by atoms with Gasteiger partial charge in [0.25, 0.3) is 5.91 Å². The van der Waals surface area contributed by atoms with Crippen molar-refractivity contribution < 1.29 is 13.2 Å². The highest BCUT2D eigenvalue weighted by Crippen LogP contribution is 2.22. The number of halogens is 1. The highest BCUT2D eigenvalue weighted by molar-refractivity contribution is 9.10. The molecule has 6 nitrogen and oxygen atoms in total. The Hall–Kier alpha value is -2.19. The van der Waals surface area contributed by atoms with Crippen molar-refractivity contribution >= 4 is 37.2 Å². The van der Waals surface area contributed by atoms with Crippen molar-refractivity contribution in [3.8, 4) is 0 Å². The van der Waals surface area contributed by atoms with Crippen LogP contribution in [0.25, 0.3) is 5.52 Å². The molecule has 1 N–H and O–H groups in total. The lowest BCUT2D eigenvalue weighted by atomic mass is 10.0. The van der Waals surface area contributed by atoms with Gasteiger partial charge in [0, 0.05) is 16.9 Å². The third-order valence-electron chi connectivity index (χ3n) is 4.05. The van der Waals surface area contributed by atoms with Crippen LogP contribution in [0.2, 0.25) is 0 Å². The quantitative estimate of drug-likeness (QED) is 0.665. The van der Waals surface area contributed by atoms with Crippen molar-refractivity contribution in [3.05, 3.63) is 64.4 Å². The smallest absolute Gasteiger partial charge is 0.272 e. The molecule has 1 amide bonds. The van der Waals surface area contributed by atoms with Crippen LogP contribution < -0.4 is 5.32 Å². The first kappa shape index (κ1) is 18.6. The van der Waals surface area contributed by atoms with E-state index in [-0.39, 0.29) is 16.9 Å². The minimum absolute atomic E-state index is 0.0987. The van der Waals surface area contributed by atoms with Crippen LogP contribution in [-0.4, -0.2) is 30.0 Å². The number of hydrogen-bond donors (Lipinski definition) is 1. The van der Waals surface area contributed by atoms with E-state index in [0.29, 0.717) is 11.9 Å². The second-order valence-corrected chi connectivity index (χ2v) is 8.78. The van der Waals surface area contributed by atoms with E-state index in [2.05, 4.69) is 26.2 Å². The number of amides is 1. The molecule has 0 spiro atoms. The van der Waals surface area contributed by atoms with Crippen LogP contribution in [0.15, 0.2) is 58.3 Å². The minimum Gasteiger partial charge on any atom is -0.344 e. The Bertz CT molecular complexity index is 1060. The first-order chi connectivity index (χ1) is 12.3. The summed E-state index contributed by atoms with van der Waals surface area (Å²) in [5.41, 5.74) is 1.52. The number of hydrogen-bond acceptors (Lipinski definition) is 4. The second kappa shape index (κ2) is 7.20. The summed E-state index contributed by atoms with van der Waals surface area (Å²) in [6.07, 6.45) is 3.35. The van der Waals surface area contributed by atoms with Crippen molar-refractivity contribution in [2.75, 3.05) is 6.26 Å². The van der Waals surface area contributed by atoms with Gasteiger partial charge in [0.15, 0.2) is 5.69 Å². The van der Waals surface area contributed by atoms with E-state index in [1.165, 1.54) is 4.40 Å². The van der Waals surface area contributed by atoms with Crippen LogP contribution in [0.4, 0.5) is 0 Å². The lowest BCUT2D eigenvalue weighted by Crippen LogP contribution is -2.28. The molecule has 0 aliphatic carbocycles. The van der Waals surface area contributed by atoms with E-state index in [9.17, 15) is 13.2 Å². The number of fused-ring (bicyclic) bond motifs is 1. The lowest BCUT2D eigenvalue weighted by molar-refractivity contribution is 0.0932. The molecule has 8 heteroatoms. The minimum atomic E-state index is -3.57. The molecule has 1 unspecified atom stereocenters. The number of carbonyl (C=O) groups is 1. The molecular formula is C18H18BrN3O3S. The number of pyridine rings is 1. The summed E-state index contributed by atoms with van der Waals surface area (Å²) in [7, 11) is -3.57. The Labute approximate surface area is 160 Å². The molecule has 3 aromatic rings. The highest BCUT2D eigenvalue weighted by Gasteiger charge is 2.24. The summed E-state index contributed by atoms with van der Waals surface area (Å²) in [6.45, 7) is 1.97. The van der Waals surface area contributed by atoms with Gasteiger partial charge in [-0.25, -0.2) is 13.4 Å². The summed E-state index contributed by atoms with van der Waals surface area (Å²) in [6, 6.07) is 12.6. The van der Waals surface area contributed by atoms with E-state index in [0.717, 1.165) is 16.3 Å². The van der Waals surface area contributed by atoms with Gasteiger partial charge in [0.2, 0.25) is 15.0 Å². The van der Waals surface area contributed by atoms with Crippen LogP contribution in [0.3, 0.4) is 0 Å². The zero-order valence-corrected chi connectivity index (χ0v) is 16.7. The number of nitrogens with zero attached hydrogens (tertiary/aromatic N) is 2. The number of benzene rings is 1. The van der Waals surface area contributed by atoms with E-state index < -0.39 is 15.7 Å². The molecule has 3 rings (SSSR count). The molecule has 0 bridgehead atoms. The standard InChI is InChI=1S/C18H18BrN3O3S/c1-3-14(12-7-9-13(19)10-8-12)20-17(23)16-15-6-4-5-11-22(15)18(21-16)26(2,24)25/h4-11,14H,3H2,1-2H3,(H,20,23). The molecule has 1 aromatic carbocycles. The van der Waals surface area contributed by atoms with E-state index >= 15 is 0 Å². The summed E-state index contributed by atoms with van der Waals surface area (Å²) in [4.78, 5) is 16.9. The van der Waals surface area contributed by atoms with Gasteiger partial charge in [0.05, 0.1) is 11.6 Å². The molecule has 2 heterocycles. The van der Waals surface area contributed by atoms with Gasteiger partial charge >= 0.3 is 0 Å². The number of aromatic nitrogens is 2. The van der Waals surface area contributed by atoms with Gasteiger partial charge in [0.1, 0.15) is 0 Å². The molecule has 0 radical (unpaired) electrons. The predicted octanol–water partition coefficient (Wildman–Crippen LogP) is 3.38. The Morgan fingerprint density at radius 2 is 1.92 bits per heavy atom. The van der Waals surface area contributed by atoms with Crippen LogP contribution in [0.1, 0.15) is 35.4 Å². The number of sulfone groups is 1. The van der Waals surface area contributed by atoms with Crippen molar-refractivity contribution in [2.24, 2.45) is 0 Å². The lowest BCUT2D eigenvalue weighted by Gasteiger charge is -2.17. The van der Waals surface area contributed by atoms with Gasteiger partial charge in [-0.2, -0.15) is 0 Å². The van der Waals surface area contributed by atoms with Crippen molar-refractivity contribution in [2.45, 2.75) is 24.5 Å². The Morgan fingerprint density at radius 3 is 2.54 bits per heavy atom. The number of imidazole rings is 1. The number of nitrogens with one attached hydrogen (secondary N) is 1. The third-order valence-corrected chi connectivity index (χ3v) is 5.53. The van der Waals surface area contributed by atoms with Crippen LogP contribution in [0.5, 0.6) is 0 Å². The topological polar surface area (TPSA) is 80.5 Å². The van der Waals surface area contributed by atoms with Gasteiger partial charge in [-0.15, -0.1) is 0 Å². The van der Waals surface area contributed by atoms with Crippen molar-refractivity contribution in [1.29, 1.82) is 0 Å². The first-order valence-electron chi connectivity index (χ1n) is 8.04. The second-order valence-electron chi connectivity index (χ2n) is 5.96. The van der Waals surface area contributed by atoms with Gasteiger partial charge in [-0.1, -0.05) is 41.1 Å². The van der Waals surface area contributed by atoms with Crippen LogP contribution >= 0.6 is 15.9 Å². The normalized spacial score (nSPS) is 12.9. The Morgan fingerprint density at radius 1 is 1.23 bits per heavy atom. The van der Waals surface area contributed by atoms with Gasteiger partial charge in [-0.05, 0) is 36.2 Å². The zero-order valence-electron chi connectivity index (χ0n) is 14.3. The zero-order chi connectivity index (χ0) is 18.9. The SMILES string of the molecule is CCC(NC(=O)c1nc(S(C)(=O)=O)n2ccccc12)c1ccc(Br)cc1. The maximum atomic E-state index is 12.8. The molecule has 0 aliphatic heterocycles. The van der Waals surface area contributed by atoms with E-state index in [4.69, 9.17) is 0 Å². The Balaban J connectivity index is 1.98. The summed E-state index contributed by atoms with van der Waals surface area (Å²) in [5.74, 6) is -0.404. The fourth-order valence-electron chi connectivity index (χ4n) is 2.78. The average molecular weight is 436 g/mol. The van der Waals surface area contributed by atoms with Crippen molar-refractivity contribution in [1.82, 2.24) is 14.7 Å². The third kappa shape index (κ3) is 3.66. The molecule has 26 heavy (non-hydrogen) atoms. The summed E-state index contributed by atoms with van der Waals surface area (Å²) >= 11 is 3.40. The Kier molecular flexibility index (Phi) is 5.15. The summed E-state index contributed by atoms with van der Waals surface area (Å²) in [5, 5.41) is 2.81. The largest absolute Gasteiger partial charge is 0.344 e. The fourth-order valence-corrected chi connectivity index (χ4v) is 3.82. The average Bonchev–Trinajstić information content (AvgIpc) is 3.00. The molecule has 0 fully saturated rings. The fraction of sp³-hybridized carbons (Fsp3) is 0.222. The van der Waals surface area contributed by atoms with Gasteiger partial charge < -0.3 is 5.32 Å². The molecule has 1 atom stereocenters. The number of carbonyl (C=O) groups excluding carboxylic acids is 1. The molecule has 0 aliphatic rings. The monoisotopic (exact) mass is 435 g/mol. The van der Waals surface area contributed by atoms with Gasteiger partial charge in [-0.3, -0.25) is 9.20 Å². The maximum absolute atomic E-state index is 12.8. The maximum Gasteiger partial charge on any atom is 0.272 e. The molecule has 2 aromatic heterocycles. The molecular weight excluding hydrogens is 418 g/mol. The highest BCUT2D eigenvalue weighted by atomic mass is 79.9. The number of rotatable bonds is 5.